The zero-order chi connectivity index (χ0) is 17.1. The Bertz CT molecular complexity index is 786. The zero-order valence-corrected chi connectivity index (χ0v) is 13.8. The Morgan fingerprint density at radius 1 is 1.25 bits per heavy atom. The van der Waals surface area contributed by atoms with Gasteiger partial charge in [-0.1, -0.05) is 24.3 Å². The lowest BCUT2D eigenvalue weighted by atomic mass is 10.1. The maximum atomic E-state index is 12.3. The first-order valence-electron chi connectivity index (χ1n) is 7.92. The number of fused-ring (bicyclic) bond motifs is 1. The van der Waals surface area contributed by atoms with Crippen LogP contribution in [0.3, 0.4) is 0 Å². The normalized spacial score (nSPS) is 13.8. The van der Waals surface area contributed by atoms with Crippen LogP contribution in [0.15, 0.2) is 42.5 Å². The highest BCUT2D eigenvalue weighted by Crippen LogP contribution is 2.31. The molecule has 0 bridgehead atoms. The largest absolute Gasteiger partial charge is 0.491 e. The van der Waals surface area contributed by atoms with E-state index in [0.717, 1.165) is 16.8 Å². The van der Waals surface area contributed by atoms with E-state index < -0.39 is 0 Å². The predicted octanol–water partition coefficient (Wildman–Crippen LogP) is 2.67. The summed E-state index contributed by atoms with van der Waals surface area (Å²) in [6.45, 7) is 2.69. The van der Waals surface area contributed by atoms with Gasteiger partial charge in [0, 0.05) is 19.2 Å². The van der Waals surface area contributed by atoms with Crippen LogP contribution in [0.1, 0.15) is 27.9 Å². The Hall–Kier alpha value is -2.82. The molecule has 1 N–H and O–H groups in total. The molecule has 1 heterocycles. The lowest BCUT2D eigenvalue weighted by Gasteiger charge is -2.17. The van der Waals surface area contributed by atoms with Crippen LogP contribution in [0.2, 0.25) is 0 Å². The molecule has 0 atom stereocenters. The summed E-state index contributed by atoms with van der Waals surface area (Å²) < 4.78 is 5.61. The quantitative estimate of drug-likeness (QED) is 0.944. The molecule has 0 spiro atoms. The number of hydrogen-bond acceptors (Lipinski definition) is 3. The summed E-state index contributed by atoms with van der Waals surface area (Å²) >= 11 is 0. The van der Waals surface area contributed by atoms with Crippen LogP contribution in [0.4, 0.5) is 5.69 Å². The molecule has 0 aliphatic carbocycles. The Morgan fingerprint density at radius 3 is 2.83 bits per heavy atom. The molecule has 2 aromatic rings. The second kappa shape index (κ2) is 6.74. The molecule has 24 heavy (non-hydrogen) atoms. The van der Waals surface area contributed by atoms with Gasteiger partial charge >= 0.3 is 0 Å². The molecule has 0 radical (unpaired) electrons. The molecular formula is C19H20N2O3. The number of amides is 2. The van der Waals surface area contributed by atoms with E-state index in [0.29, 0.717) is 30.9 Å². The maximum absolute atomic E-state index is 12.3. The van der Waals surface area contributed by atoms with Gasteiger partial charge in [-0.05, 0) is 36.2 Å². The van der Waals surface area contributed by atoms with Crippen molar-refractivity contribution >= 4 is 17.5 Å². The van der Waals surface area contributed by atoms with Crippen molar-refractivity contribution in [3.63, 3.8) is 0 Å². The van der Waals surface area contributed by atoms with E-state index in [-0.39, 0.29) is 11.8 Å². The standard InChI is InChI=1S/C19H20N2O3/c1-13-5-3-4-6-15(13)19(23)20-12-14-7-8-17-16(11-14)21(2)18(22)9-10-24-17/h3-8,11H,9-10,12H2,1-2H3,(H,20,23). The molecule has 0 unspecified atom stereocenters. The van der Waals surface area contributed by atoms with Crippen molar-refractivity contribution in [2.24, 2.45) is 0 Å². The van der Waals surface area contributed by atoms with Crippen molar-refractivity contribution in [1.29, 1.82) is 0 Å². The van der Waals surface area contributed by atoms with E-state index in [9.17, 15) is 9.59 Å². The minimum atomic E-state index is -0.108. The number of nitrogens with one attached hydrogen (secondary N) is 1. The lowest BCUT2D eigenvalue weighted by molar-refractivity contribution is -0.118. The Kier molecular flexibility index (Phi) is 4.51. The van der Waals surface area contributed by atoms with Crippen LogP contribution in [0, 0.1) is 6.92 Å². The third-order valence-electron chi connectivity index (χ3n) is 4.18. The summed E-state index contributed by atoms with van der Waals surface area (Å²) in [4.78, 5) is 25.9. The van der Waals surface area contributed by atoms with E-state index in [2.05, 4.69) is 5.32 Å². The number of carbonyl (C=O) groups excluding carboxylic acids is 2. The van der Waals surface area contributed by atoms with E-state index in [1.165, 1.54) is 0 Å². The minimum Gasteiger partial charge on any atom is -0.491 e. The van der Waals surface area contributed by atoms with Crippen molar-refractivity contribution < 1.29 is 14.3 Å². The summed E-state index contributed by atoms with van der Waals surface area (Å²) in [5.41, 5.74) is 3.26. The average Bonchev–Trinajstić information content (AvgIpc) is 2.72. The first-order chi connectivity index (χ1) is 11.6. The van der Waals surface area contributed by atoms with Crippen molar-refractivity contribution in [1.82, 2.24) is 5.32 Å². The Morgan fingerprint density at radius 2 is 2.04 bits per heavy atom. The van der Waals surface area contributed by atoms with Crippen LogP contribution in [-0.2, 0) is 11.3 Å². The van der Waals surface area contributed by atoms with Crippen molar-refractivity contribution in [2.45, 2.75) is 19.9 Å². The number of anilines is 1. The van der Waals surface area contributed by atoms with E-state index in [4.69, 9.17) is 4.74 Å². The fraction of sp³-hybridized carbons (Fsp3) is 0.263. The van der Waals surface area contributed by atoms with Crippen molar-refractivity contribution in [2.75, 3.05) is 18.6 Å². The maximum Gasteiger partial charge on any atom is 0.251 e. The molecule has 1 aliphatic rings. The van der Waals surface area contributed by atoms with E-state index >= 15 is 0 Å². The second-order valence-corrected chi connectivity index (χ2v) is 5.85. The van der Waals surface area contributed by atoms with Gasteiger partial charge in [0.1, 0.15) is 5.75 Å². The SMILES string of the molecule is Cc1ccccc1C(=O)NCc1ccc2c(c1)N(C)C(=O)CCO2. The number of aryl methyl sites for hydroxylation is 1. The molecule has 3 rings (SSSR count). The van der Waals surface area contributed by atoms with Gasteiger partial charge in [-0.15, -0.1) is 0 Å². The number of benzene rings is 2. The molecule has 0 aromatic heterocycles. The van der Waals surface area contributed by atoms with Crippen LogP contribution in [-0.4, -0.2) is 25.5 Å². The molecule has 0 saturated heterocycles. The molecule has 1 aliphatic heterocycles. The summed E-state index contributed by atoms with van der Waals surface area (Å²) in [5, 5.41) is 2.92. The molecule has 5 nitrogen and oxygen atoms in total. The first-order valence-corrected chi connectivity index (χ1v) is 7.92. The third-order valence-corrected chi connectivity index (χ3v) is 4.18. The smallest absolute Gasteiger partial charge is 0.251 e. The highest BCUT2D eigenvalue weighted by atomic mass is 16.5. The minimum absolute atomic E-state index is 0.0230. The topological polar surface area (TPSA) is 58.6 Å². The first kappa shape index (κ1) is 16.1. The van der Waals surface area contributed by atoms with Gasteiger partial charge in [-0.25, -0.2) is 0 Å². The number of ether oxygens (including phenoxy) is 1. The summed E-state index contributed by atoms with van der Waals surface area (Å²) in [6, 6.07) is 13.1. The fourth-order valence-corrected chi connectivity index (χ4v) is 2.71. The average molecular weight is 324 g/mol. The predicted molar refractivity (Wildman–Crippen MR) is 92.3 cm³/mol. The summed E-state index contributed by atoms with van der Waals surface area (Å²) in [5.74, 6) is 0.607. The molecule has 5 heteroatoms. The summed E-state index contributed by atoms with van der Waals surface area (Å²) in [7, 11) is 1.74. The highest BCUT2D eigenvalue weighted by molar-refractivity contribution is 5.96. The van der Waals surface area contributed by atoms with Gasteiger partial charge in [0.05, 0.1) is 18.7 Å². The molecule has 0 saturated carbocycles. The molecular weight excluding hydrogens is 304 g/mol. The van der Waals surface area contributed by atoms with Gasteiger partial charge in [0.15, 0.2) is 0 Å². The number of nitrogens with zero attached hydrogens (tertiary/aromatic N) is 1. The lowest BCUT2D eigenvalue weighted by Crippen LogP contribution is -2.26. The number of rotatable bonds is 3. The van der Waals surface area contributed by atoms with E-state index in [1.54, 1.807) is 11.9 Å². The van der Waals surface area contributed by atoms with Crippen molar-refractivity contribution in [3.05, 3.63) is 59.2 Å². The molecule has 2 aromatic carbocycles. The summed E-state index contributed by atoms with van der Waals surface area (Å²) in [6.07, 6.45) is 0.366. The van der Waals surface area contributed by atoms with Crippen LogP contribution >= 0.6 is 0 Å². The van der Waals surface area contributed by atoms with Crippen LogP contribution in [0.5, 0.6) is 5.75 Å². The zero-order valence-electron chi connectivity index (χ0n) is 13.8. The monoisotopic (exact) mass is 324 g/mol. The second-order valence-electron chi connectivity index (χ2n) is 5.85. The Balaban J connectivity index is 1.75. The third kappa shape index (κ3) is 3.25. The highest BCUT2D eigenvalue weighted by Gasteiger charge is 2.20. The Labute approximate surface area is 141 Å². The number of hydrogen-bond donors (Lipinski definition) is 1. The fourth-order valence-electron chi connectivity index (χ4n) is 2.71. The van der Waals surface area contributed by atoms with Gasteiger partial charge in [-0.3, -0.25) is 9.59 Å². The molecule has 124 valence electrons. The molecule has 0 fully saturated rings. The van der Waals surface area contributed by atoms with Gasteiger partial charge < -0.3 is 15.0 Å². The van der Waals surface area contributed by atoms with Gasteiger partial charge in [0.2, 0.25) is 5.91 Å². The van der Waals surface area contributed by atoms with E-state index in [1.807, 2.05) is 49.4 Å². The number of carbonyl (C=O) groups is 2. The van der Waals surface area contributed by atoms with Gasteiger partial charge in [0.25, 0.3) is 5.91 Å². The van der Waals surface area contributed by atoms with Gasteiger partial charge in [-0.2, -0.15) is 0 Å². The van der Waals surface area contributed by atoms with Crippen LogP contribution < -0.4 is 15.0 Å². The molecule has 2 amide bonds. The van der Waals surface area contributed by atoms with Crippen molar-refractivity contribution in [3.8, 4) is 5.75 Å². The van der Waals surface area contributed by atoms with Crippen LogP contribution in [0.25, 0.3) is 0 Å².